The van der Waals surface area contributed by atoms with Gasteiger partial charge in [-0.2, -0.15) is 0 Å². The maximum atomic E-state index is 12.7. The number of para-hydroxylation sites is 1. The molecule has 0 unspecified atom stereocenters. The molecule has 0 saturated carbocycles. The number of carbonyl (C=O) groups is 2. The van der Waals surface area contributed by atoms with E-state index in [1.807, 2.05) is 29.6 Å². The minimum atomic E-state index is -0.151. The number of nitrogens with zero attached hydrogens (tertiary/aromatic N) is 1. The minimum Gasteiger partial charge on any atom is -0.493 e. The van der Waals surface area contributed by atoms with E-state index in [4.69, 9.17) is 9.47 Å². The predicted octanol–water partition coefficient (Wildman–Crippen LogP) is 2.27. The van der Waals surface area contributed by atoms with Crippen molar-refractivity contribution in [2.24, 2.45) is 0 Å². The summed E-state index contributed by atoms with van der Waals surface area (Å²) in [7, 11) is 1.62. The number of fused-ring (bicyclic) bond motifs is 2. The van der Waals surface area contributed by atoms with Crippen molar-refractivity contribution in [3.63, 3.8) is 0 Å². The summed E-state index contributed by atoms with van der Waals surface area (Å²) >= 11 is 1.61. The SMILES string of the molecule is COc1cccc2c1OC[C@H](NC(=O)CN1CCCc3sccc3C1=O)C2. The van der Waals surface area contributed by atoms with Crippen molar-refractivity contribution in [2.75, 3.05) is 26.8 Å². The molecule has 1 aromatic heterocycles. The number of rotatable bonds is 4. The van der Waals surface area contributed by atoms with Crippen LogP contribution < -0.4 is 14.8 Å². The van der Waals surface area contributed by atoms with E-state index in [-0.39, 0.29) is 24.4 Å². The molecule has 3 heterocycles. The zero-order valence-electron chi connectivity index (χ0n) is 15.2. The number of carbonyl (C=O) groups excluding carboxylic acids is 2. The summed E-state index contributed by atoms with van der Waals surface area (Å²) in [6.45, 7) is 1.08. The van der Waals surface area contributed by atoms with Crippen LogP contribution in [-0.4, -0.2) is 49.6 Å². The zero-order valence-corrected chi connectivity index (χ0v) is 16.0. The van der Waals surface area contributed by atoms with Gasteiger partial charge in [-0.3, -0.25) is 9.59 Å². The maximum Gasteiger partial charge on any atom is 0.255 e. The van der Waals surface area contributed by atoms with Gasteiger partial charge < -0.3 is 19.7 Å². The van der Waals surface area contributed by atoms with Gasteiger partial charge in [-0.15, -0.1) is 11.3 Å². The van der Waals surface area contributed by atoms with Crippen LogP contribution in [0, 0.1) is 0 Å². The number of hydrogen-bond acceptors (Lipinski definition) is 5. The second-order valence-corrected chi connectivity index (χ2v) is 7.82. The normalized spacial score (nSPS) is 18.8. The first kappa shape index (κ1) is 17.9. The Morgan fingerprint density at radius 3 is 3.15 bits per heavy atom. The second kappa shape index (κ2) is 7.60. The number of benzene rings is 1. The zero-order chi connectivity index (χ0) is 18.8. The average molecular weight is 386 g/mol. The Balaban J connectivity index is 1.38. The van der Waals surface area contributed by atoms with Crippen molar-refractivity contribution >= 4 is 23.2 Å². The fourth-order valence-corrected chi connectivity index (χ4v) is 4.59. The molecule has 1 N–H and O–H groups in total. The lowest BCUT2D eigenvalue weighted by Gasteiger charge is -2.28. The lowest BCUT2D eigenvalue weighted by Crippen LogP contribution is -2.47. The molecule has 2 aromatic rings. The van der Waals surface area contributed by atoms with Crippen LogP contribution in [0.3, 0.4) is 0 Å². The van der Waals surface area contributed by atoms with Crippen molar-refractivity contribution < 1.29 is 19.1 Å². The highest BCUT2D eigenvalue weighted by Crippen LogP contribution is 2.34. The summed E-state index contributed by atoms with van der Waals surface area (Å²) in [5.41, 5.74) is 1.76. The highest BCUT2D eigenvalue weighted by Gasteiger charge is 2.27. The van der Waals surface area contributed by atoms with Gasteiger partial charge in [0.15, 0.2) is 11.5 Å². The smallest absolute Gasteiger partial charge is 0.255 e. The molecule has 0 bridgehead atoms. The number of hydrogen-bond donors (Lipinski definition) is 1. The Hall–Kier alpha value is -2.54. The molecule has 2 aliphatic rings. The fourth-order valence-electron chi connectivity index (χ4n) is 3.67. The summed E-state index contributed by atoms with van der Waals surface area (Å²) in [4.78, 5) is 28.0. The third kappa shape index (κ3) is 3.64. The Bertz CT molecular complexity index is 863. The summed E-state index contributed by atoms with van der Waals surface area (Å²) in [5.74, 6) is 1.26. The minimum absolute atomic E-state index is 0.0473. The summed E-state index contributed by atoms with van der Waals surface area (Å²) < 4.78 is 11.1. The quantitative estimate of drug-likeness (QED) is 0.875. The highest BCUT2D eigenvalue weighted by molar-refractivity contribution is 7.10. The fraction of sp³-hybridized carbons (Fsp3) is 0.400. The Morgan fingerprint density at radius 2 is 2.30 bits per heavy atom. The van der Waals surface area contributed by atoms with E-state index < -0.39 is 0 Å². The number of methoxy groups -OCH3 is 1. The molecule has 0 spiro atoms. The van der Waals surface area contributed by atoms with Crippen molar-refractivity contribution in [2.45, 2.75) is 25.3 Å². The van der Waals surface area contributed by atoms with E-state index >= 15 is 0 Å². The van der Waals surface area contributed by atoms with Gasteiger partial charge in [0.25, 0.3) is 5.91 Å². The topological polar surface area (TPSA) is 67.9 Å². The van der Waals surface area contributed by atoms with Gasteiger partial charge in [-0.05, 0) is 36.8 Å². The first-order chi connectivity index (χ1) is 13.2. The van der Waals surface area contributed by atoms with Crippen molar-refractivity contribution in [1.82, 2.24) is 10.2 Å². The van der Waals surface area contributed by atoms with Gasteiger partial charge in [0.1, 0.15) is 6.61 Å². The summed E-state index contributed by atoms with van der Waals surface area (Å²) in [5, 5.41) is 4.95. The number of aryl methyl sites for hydroxylation is 1. The van der Waals surface area contributed by atoms with E-state index in [1.54, 1.807) is 23.3 Å². The molecule has 0 fully saturated rings. The largest absolute Gasteiger partial charge is 0.493 e. The Morgan fingerprint density at radius 1 is 1.41 bits per heavy atom. The Kier molecular flexibility index (Phi) is 5.03. The number of nitrogens with one attached hydrogen (secondary N) is 1. The van der Waals surface area contributed by atoms with Crippen LogP contribution in [0.25, 0.3) is 0 Å². The maximum absolute atomic E-state index is 12.7. The lowest BCUT2D eigenvalue weighted by atomic mass is 10.0. The standard InChI is InChI=1S/C20H22N2O4S/c1-25-16-5-2-4-13-10-14(12-26-19(13)16)21-18(23)11-22-8-3-6-17-15(20(22)24)7-9-27-17/h2,4-5,7,9,14H,3,6,8,10-12H2,1H3,(H,21,23)/t14-/m1/s1. The van der Waals surface area contributed by atoms with Crippen LogP contribution in [0.15, 0.2) is 29.6 Å². The molecule has 2 aliphatic heterocycles. The number of amides is 2. The van der Waals surface area contributed by atoms with Crippen LogP contribution in [-0.2, 0) is 17.6 Å². The van der Waals surface area contributed by atoms with E-state index in [9.17, 15) is 9.59 Å². The second-order valence-electron chi connectivity index (χ2n) is 6.82. The molecule has 27 heavy (non-hydrogen) atoms. The molecular formula is C20H22N2O4S. The van der Waals surface area contributed by atoms with Crippen LogP contribution in [0.2, 0.25) is 0 Å². The molecule has 1 aromatic carbocycles. The molecule has 2 amide bonds. The van der Waals surface area contributed by atoms with Crippen molar-refractivity contribution in [1.29, 1.82) is 0 Å². The Labute approximate surface area is 162 Å². The van der Waals surface area contributed by atoms with E-state index in [1.165, 1.54) is 0 Å². The van der Waals surface area contributed by atoms with Crippen molar-refractivity contribution in [3.8, 4) is 11.5 Å². The van der Waals surface area contributed by atoms with Crippen LogP contribution in [0.4, 0.5) is 0 Å². The van der Waals surface area contributed by atoms with Gasteiger partial charge in [0.2, 0.25) is 5.91 Å². The molecule has 0 aliphatic carbocycles. The van der Waals surface area contributed by atoms with Crippen LogP contribution >= 0.6 is 11.3 Å². The third-order valence-corrected chi connectivity index (χ3v) is 5.95. The van der Waals surface area contributed by atoms with Gasteiger partial charge in [0, 0.05) is 17.0 Å². The highest BCUT2D eigenvalue weighted by atomic mass is 32.1. The first-order valence-electron chi connectivity index (χ1n) is 9.09. The number of ether oxygens (including phenoxy) is 2. The summed E-state index contributed by atoms with van der Waals surface area (Å²) in [6.07, 6.45) is 2.46. The average Bonchev–Trinajstić information content (AvgIpc) is 3.09. The lowest BCUT2D eigenvalue weighted by molar-refractivity contribution is -0.122. The number of thiophene rings is 1. The molecule has 6 nitrogen and oxygen atoms in total. The molecule has 142 valence electrons. The summed E-state index contributed by atoms with van der Waals surface area (Å²) in [6, 6.07) is 7.50. The molecule has 7 heteroatoms. The van der Waals surface area contributed by atoms with Crippen molar-refractivity contribution in [3.05, 3.63) is 45.6 Å². The van der Waals surface area contributed by atoms with Gasteiger partial charge in [-0.1, -0.05) is 12.1 Å². The monoisotopic (exact) mass is 386 g/mol. The first-order valence-corrected chi connectivity index (χ1v) is 9.97. The van der Waals surface area contributed by atoms with E-state index in [0.29, 0.717) is 25.3 Å². The molecular weight excluding hydrogens is 364 g/mol. The van der Waals surface area contributed by atoms with Gasteiger partial charge >= 0.3 is 0 Å². The molecule has 1 atom stereocenters. The predicted molar refractivity (Wildman–Crippen MR) is 103 cm³/mol. The van der Waals surface area contributed by atoms with E-state index in [2.05, 4.69) is 5.32 Å². The molecule has 4 rings (SSSR count). The van der Waals surface area contributed by atoms with Gasteiger partial charge in [0.05, 0.1) is 25.3 Å². The van der Waals surface area contributed by atoms with Crippen LogP contribution in [0.1, 0.15) is 27.2 Å². The van der Waals surface area contributed by atoms with Crippen LogP contribution in [0.5, 0.6) is 11.5 Å². The van der Waals surface area contributed by atoms with E-state index in [0.717, 1.165) is 34.6 Å². The molecule has 0 radical (unpaired) electrons. The van der Waals surface area contributed by atoms with Gasteiger partial charge in [-0.25, -0.2) is 0 Å². The third-order valence-electron chi connectivity index (χ3n) is 4.97. The molecule has 0 saturated heterocycles.